The van der Waals surface area contributed by atoms with Crippen LogP contribution in [0.25, 0.3) is 0 Å². The number of rotatable bonds is 7. The molecule has 0 heterocycles. The first-order valence-corrected chi connectivity index (χ1v) is 16.6. The van der Waals surface area contributed by atoms with Gasteiger partial charge < -0.3 is 5.32 Å². The quantitative estimate of drug-likeness (QED) is 0.251. The summed E-state index contributed by atoms with van der Waals surface area (Å²) in [6.45, 7) is 8.49. The Morgan fingerprint density at radius 3 is 2.41 bits per heavy atom. The Morgan fingerprint density at radius 1 is 0.892 bits per heavy atom. The van der Waals surface area contributed by atoms with Crippen molar-refractivity contribution in [1.29, 1.82) is 0 Å². The van der Waals surface area contributed by atoms with E-state index in [9.17, 15) is 13.6 Å². The van der Waals surface area contributed by atoms with E-state index in [2.05, 4.69) is 30.8 Å². The van der Waals surface area contributed by atoms with Crippen LogP contribution >= 0.6 is 11.9 Å². The van der Waals surface area contributed by atoms with Crippen molar-refractivity contribution >= 4 is 18.0 Å². The SMILES string of the molecule is CC[C@H]1CC2C3CCC(CCCNC(=O)NSC4CCC(F)(F)CC4)C3(C)CC[C@@H]2C2(C)CCCCC12. The fourth-order valence-corrected chi connectivity index (χ4v) is 11.3. The fourth-order valence-electron chi connectivity index (χ4n) is 10.5. The Bertz CT molecular complexity index is 800. The number of urea groups is 1. The molecule has 5 fully saturated rings. The topological polar surface area (TPSA) is 41.1 Å². The van der Waals surface area contributed by atoms with E-state index in [1.165, 1.54) is 82.6 Å². The third-order valence-electron chi connectivity index (χ3n) is 12.5. The van der Waals surface area contributed by atoms with Gasteiger partial charge in [0.2, 0.25) is 5.92 Å². The first-order valence-electron chi connectivity index (χ1n) is 15.7. The second kappa shape index (κ2) is 11.2. The minimum absolute atomic E-state index is 0.0599. The van der Waals surface area contributed by atoms with Crippen molar-refractivity contribution in [2.45, 2.75) is 135 Å². The highest BCUT2D eigenvalue weighted by molar-refractivity contribution is 7.98. The summed E-state index contributed by atoms with van der Waals surface area (Å²) in [6, 6.07) is -0.165. The van der Waals surface area contributed by atoms with E-state index >= 15 is 0 Å². The molecule has 2 amide bonds. The van der Waals surface area contributed by atoms with Crippen LogP contribution in [-0.4, -0.2) is 23.7 Å². The molecule has 8 atom stereocenters. The van der Waals surface area contributed by atoms with E-state index in [0.29, 0.717) is 30.2 Å². The third kappa shape index (κ3) is 5.57. The second-order valence-corrected chi connectivity index (χ2v) is 15.2. The summed E-state index contributed by atoms with van der Waals surface area (Å²) in [5.74, 6) is 2.99. The molecular formula is C31H52F2N2OS. The number of hydrogen-bond donors (Lipinski definition) is 2. The lowest BCUT2D eigenvalue weighted by molar-refractivity contribution is -0.135. The minimum Gasteiger partial charge on any atom is -0.337 e. The number of amides is 2. The van der Waals surface area contributed by atoms with Crippen LogP contribution in [0, 0.1) is 46.3 Å². The first-order chi connectivity index (χ1) is 17.7. The number of fused-ring (bicyclic) bond motifs is 5. The number of halogens is 2. The van der Waals surface area contributed by atoms with Crippen LogP contribution in [0.5, 0.6) is 0 Å². The maximum Gasteiger partial charge on any atom is 0.324 e. The van der Waals surface area contributed by atoms with Crippen LogP contribution < -0.4 is 10.0 Å². The summed E-state index contributed by atoms with van der Waals surface area (Å²) in [5.41, 5.74) is 1.08. The predicted molar refractivity (Wildman–Crippen MR) is 150 cm³/mol. The summed E-state index contributed by atoms with van der Waals surface area (Å²) in [6.07, 6.45) is 17.5. The number of hydrogen-bond acceptors (Lipinski definition) is 2. The lowest BCUT2D eigenvalue weighted by Gasteiger charge is -2.62. The number of carbonyl (C=O) groups is 1. The van der Waals surface area contributed by atoms with Gasteiger partial charge in [0, 0.05) is 24.6 Å². The molecule has 0 saturated heterocycles. The molecule has 212 valence electrons. The molecule has 5 saturated carbocycles. The molecule has 2 N–H and O–H groups in total. The van der Waals surface area contributed by atoms with Gasteiger partial charge in [0.05, 0.1) is 0 Å². The Balaban J connectivity index is 1.09. The summed E-state index contributed by atoms with van der Waals surface area (Å²) in [7, 11) is 0. The number of carbonyl (C=O) groups excluding carboxylic acids is 1. The molecule has 5 aliphatic carbocycles. The van der Waals surface area contributed by atoms with Crippen molar-refractivity contribution in [3.63, 3.8) is 0 Å². The minimum atomic E-state index is -2.51. The maximum atomic E-state index is 13.3. The Kier molecular flexibility index (Phi) is 8.45. The fraction of sp³-hybridized carbons (Fsp3) is 0.968. The normalized spacial score (nSPS) is 43.4. The summed E-state index contributed by atoms with van der Waals surface area (Å²) in [4.78, 5) is 12.3. The Morgan fingerprint density at radius 2 is 1.65 bits per heavy atom. The molecule has 0 aromatic rings. The monoisotopic (exact) mass is 538 g/mol. The van der Waals surface area contributed by atoms with Crippen molar-refractivity contribution in [2.75, 3.05) is 6.54 Å². The number of nitrogens with one attached hydrogen (secondary N) is 2. The number of alkyl halides is 2. The standard InChI is InChI=1S/C31H52F2N2OS/c1-4-21-20-24-26-11-10-22(29(26,2)16-14-27(24)30(3)15-6-5-9-25(21)30)8-7-19-34-28(36)35-37-23-12-17-31(32,33)18-13-23/h21-27H,4-20H2,1-3H3,(H2,34,35,36)/t21-,22?,24?,25?,26?,27-,29?,30?/m0/s1. The largest absolute Gasteiger partial charge is 0.337 e. The average molecular weight is 539 g/mol. The van der Waals surface area contributed by atoms with Crippen LogP contribution in [-0.2, 0) is 0 Å². The second-order valence-electron chi connectivity index (χ2n) is 14.1. The highest BCUT2D eigenvalue weighted by Crippen LogP contribution is 2.69. The molecule has 0 radical (unpaired) electrons. The highest BCUT2D eigenvalue weighted by atomic mass is 32.2. The van der Waals surface area contributed by atoms with Crippen molar-refractivity contribution in [3.8, 4) is 0 Å². The van der Waals surface area contributed by atoms with Crippen LogP contribution in [0.3, 0.4) is 0 Å². The van der Waals surface area contributed by atoms with Gasteiger partial charge in [-0.05, 0) is 129 Å². The molecule has 6 unspecified atom stereocenters. The van der Waals surface area contributed by atoms with E-state index in [1.54, 1.807) is 0 Å². The van der Waals surface area contributed by atoms with E-state index in [-0.39, 0.29) is 24.1 Å². The molecule has 0 spiro atoms. The molecule has 0 aromatic carbocycles. The van der Waals surface area contributed by atoms with Crippen molar-refractivity contribution in [2.24, 2.45) is 46.3 Å². The molecule has 5 aliphatic rings. The van der Waals surface area contributed by atoms with Crippen molar-refractivity contribution < 1.29 is 13.6 Å². The Labute approximate surface area is 229 Å². The highest BCUT2D eigenvalue weighted by Gasteiger charge is 2.60. The molecule has 6 heteroatoms. The van der Waals surface area contributed by atoms with Gasteiger partial charge in [-0.1, -0.05) is 40.0 Å². The third-order valence-corrected chi connectivity index (χ3v) is 13.6. The molecule has 0 aliphatic heterocycles. The first kappa shape index (κ1) is 28.0. The van der Waals surface area contributed by atoms with Crippen LogP contribution in [0.4, 0.5) is 13.6 Å². The van der Waals surface area contributed by atoms with Crippen LogP contribution in [0.1, 0.15) is 124 Å². The lowest BCUT2D eigenvalue weighted by Crippen LogP contribution is -2.55. The van der Waals surface area contributed by atoms with Gasteiger partial charge in [-0.3, -0.25) is 4.72 Å². The zero-order valence-electron chi connectivity index (χ0n) is 23.6. The summed E-state index contributed by atoms with van der Waals surface area (Å²) < 4.78 is 29.5. The van der Waals surface area contributed by atoms with Gasteiger partial charge >= 0.3 is 6.03 Å². The molecule has 5 rings (SSSR count). The lowest BCUT2D eigenvalue weighted by atomic mass is 9.42. The van der Waals surface area contributed by atoms with E-state index < -0.39 is 5.92 Å². The van der Waals surface area contributed by atoms with Crippen molar-refractivity contribution in [3.05, 3.63) is 0 Å². The van der Waals surface area contributed by atoms with E-state index in [4.69, 9.17) is 0 Å². The Hall–Kier alpha value is -0.520. The smallest absolute Gasteiger partial charge is 0.324 e. The molecule has 0 aromatic heterocycles. The zero-order valence-corrected chi connectivity index (χ0v) is 24.5. The van der Waals surface area contributed by atoms with Gasteiger partial charge in [-0.25, -0.2) is 13.6 Å². The van der Waals surface area contributed by atoms with Crippen LogP contribution in [0.15, 0.2) is 0 Å². The van der Waals surface area contributed by atoms with Gasteiger partial charge in [0.15, 0.2) is 0 Å². The van der Waals surface area contributed by atoms with Gasteiger partial charge in [0.1, 0.15) is 0 Å². The predicted octanol–water partition coefficient (Wildman–Crippen LogP) is 8.98. The van der Waals surface area contributed by atoms with Gasteiger partial charge in [-0.15, -0.1) is 0 Å². The van der Waals surface area contributed by atoms with E-state index in [1.807, 2.05) is 0 Å². The maximum absolute atomic E-state index is 13.3. The summed E-state index contributed by atoms with van der Waals surface area (Å²) in [5, 5.41) is 3.13. The van der Waals surface area contributed by atoms with Crippen LogP contribution in [0.2, 0.25) is 0 Å². The van der Waals surface area contributed by atoms with Gasteiger partial charge in [0.25, 0.3) is 0 Å². The molecular weight excluding hydrogens is 486 g/mol. The molecule has 0 bridgehead atoms. The van der Waals surface area contributed by atoms with Crippen molar-refractivity contribution in [1.82, 2.24) is 10.0 Å². The average Bonchev–Trinajstić information content (AvgIpc) is 3.21. The van der Waals surface area contributed by atoms with E-state index in [0.717, 1.165) is 41.9 Å². The van der Waals surface area contributed by atoms with Gasteiger partial charge in [-0.2, -0.15) is 0 Å². The summed E-state index contributed by atoms with van der Waals surface area (Å²) >= 11 is 1.33. The molecule has 3 nitrogen and oxygen atoms in total. The molecule has 37 heavy (non-hydrogen) atoms. The zero-order chi connectivity index (χ0) is 26.3.